The lowest BCUT2D eigenvalue weighted by molar-refractivity contribution is -0.253. The van der Waals surface area contributed by atoms with E-state index in [0.717, 1.165) is 59.4 Å². The zero-order chi connectivity index (χ0) is 36.1. The fourth-order valence-corrected chi connectivity index (χ4v) is 6.98. The number of aliphatic hydroxyl groups excluding tert-OH is 1. The molecule has 3 unspecified atom stereocenters. The van der Waals surface area contributed by atoms with E-state index in [9.17, 15) is 9.90 Å². The zero-order valence-corrected chi connectivity index (χ0v) is 31.7. The molecule has 1 aliphatic heterocycles. The highest BCUT2D eigenvalue weighted by Crippen LogP contribution is 2.39. The van der Waals surface area contributed by atoms with Gasteiger partial charge < -0.3 is 30.1 Å². The van der Waals surface area contributed by atoms with Crippen LogP contribution in [0.4, 0.5) is 4.79 Å². The Morgan fingerprint density at radius 1 is 0.706 bits per heavy atom. The highest BCUT2D eigenvalue weighted by atomic mass is 16.7. The number of hydrogen-bond acceptors (Lipinski definition) is 5. The van der Waals surface area contributed by atoms with Gasteiger partial charge in [0.15, 0.2) is 6.29 Å². The first kappa shape index (κ1) is 40.5. The van der Waals surface area contributed by atoms with Crippen LogP contribution in [0.3, 0.4) is 0 Å². The van der Waals surface area contributed by atoms with Crippen molar-refractivity contribution in [2.24, 2.45) is 0 Å². The summed E-state index contributed by atoms with van der Waals surface area (Å²) in [5.41, 5.74) is 6.22. The van der Waals surface area contributed by atoms with Crippen LogP contribution in [0.25, 0.3) is 11.1 Å². The van der Waals surface area contributed by atoms with Gasteiger partial charge in [0.25, 0.3) is 0 Å². The highest BCUT2D eigenvalue weighted by Gasteiger charge is 2.33. The lowest BCUT2D eigenvalue weighted by Crippen LogP contribution is -2.40. The summed E-state index contributed by atoms with van der Waals surface area (Å²) in [7, 11) is 0. The number of urea groups is 1. The second kappa shape index (κ2) is 23.4. The van der Waals surface area contributed by atoms with Crippen LogP contribution in [0, 0.1) is 0 Å². The monoisotopic (exact) mass is 699 g/mol. The van der Waals surface area contributed by atoms with Gasteiger partial charge in [-0.2, -0.15) is 0 Å². The van der Waals surface area contributed by atoms with E-state index < -0.39 is 6.29 Å². The Bertz CT molecular complexity index is 1380. The zero-order valence-electron chi connectivity index (χ0n) is 31.7. The Labute approximate surface area is 308 Å². The third kappa shape index (κ3) is 14.4. The fourth-order valence-electron chi connectivity index (χ4n) is 6.98. The predicted molar refractivity (Wildman–Crippen MR) is 209 cm³/mol. The van der Waals surface area contributed by atoms with Crippen molar-refractivity contribution in [2.75, 3.05) is 26.2 Å². The molecule has 1 saturated heterocycles. The second-order valence-corrected chi connectivity index (χ2v) is 14.2. The smallest absolute Gasteiger partial charge is 0.315 e. The third-order valence-corrected chi connectivity index (χ3v) is 9.94. The molecule has 1 heterocycles. The normalized spacial score (nSPS) is 17.5. The van der Waals surface area contributed by atoms with Crippen LogP contribution in [0.5, 0.6) is 0 Å². The molecule has 7 heteroatoms. The van der Waals surface area contributed by atoms with Gasteiger partial charge in [-0.3, -0.25) is 0 Å². The lowest BCUT2D eigenvalue weighted by Gasteiger charge is -2.38. The summed E-state index contributed by atoms with van der Waals surface area (Å²) in [4.78, 5) is 14.6. The minimum atomic E-state index is -0.501. The molecule has 3 N–H and O–H groups in total. The Kier molecular flexibility index (Phi) is 18.6. The van der Waals surface area contributed by atoms with Crippen molar-refractivity contribution in [2.45, 2.75) is 136 Å². The summed E-state index contributed by atoms with van der Waals surface area (Å²) in [5, 5.41) is 15.4. The maximum absolute atomic E-state index is 12.0. The van der Waals surface area contributed by atoms with Crippen molar-refractivity contribution in [3.8, 4) is 11.1 Å². The summed E-state index contributed by atoms with van der Waals surface area (Å²) < 4.78 is 13.6. The molecule has 3 aromatic rings. The largest absolute Gasteiger partial charge is 0.392 e. The molecule has 0 bridgehead atoms. The number of ether oxygens (including phenoxy) is 2. The Hall–Kier alpha value is -3.23. The van der Waals surface area contributed by atoms with Crippen LogP contribution in [0.2, 0.25) is 0 Å². The summed E-state index contributed by atoms with van der Waals surface area (Å²) in [6.45, 7) is 10.7. The van der Waals surface area contributed by atoms with E-state index in [1.54, 1.807) is 0 Å². The highest BCUT2D eigenvalue weighted by molar-refractivity contribution is 5.74. The summed E-state index contributed by atoms with van der Waals surface area (Å²) in [6.07, 6.45) is 15.8. The minimum absolute atomic E-state index is 0.0266. The van der Waals surface area contributed by atoms with E-state index in [1.165, 1.54) is 77.0 Å². The molecule has 0 spiro atoms. The van der Waals surface area contributed by atoms with Gasteiger partial charge in [-0.05, 0) is 72.8 Å². The number of aliphatic hydroxyl groups is 1. The minimum Gasteiger partial charge on any atom is -0.392 e. The molecule has 0 radical (unpaired) electrons. The van der Waals surface area contributed by atoms with Crippen LogP contribution in [0.15, 0.2) is 72.8 Å². The first-order valence-electron chi connectivity index (χ1n) is 20.0. The summed E-state index contributed by atoms with van der Waals surface area (Å²) >= 11 is 0. The molecular weight excluding hydrogens is 635 g/mol. The molecule has 280 valence electrons. The van der Waals surface area contributed by atoms with E-state index in [0.29, 0.717) is 13.1 Å². The van der Waals surface area contributed by atoms with Crippen LogP contribution >= 0.6 is 0 Å². The van der Waals surface area contributed by atoms with Gasteiger partial charge >= 0.3 is 6.03 Å². The fraction of sp³-hybridized carbons (Fsp3) is 0.568. The summed E-state index contributed by atoms with van der Waals surface area (Å²) in [5.74, 6) is 0. The van der Waals surface area contributed by atoms with E-state index >= 15 is 0 Å². The molecule has 3 aromatic carbocycles. The molecule has 0 aliphatic carbocycles. The van der Waals surface area contributed by atoms with E-state index in [1.807, 2.05) is 31.2 Å². The van der Waals surface area contributed by atoms with Crippen LogP contribution in [-0.4, -0.2) is 48.3 Å². The maximum atomic E-state index is 12.0. The SMILES string of the molecule is CCCCCCCCN(CCCCCCCC)CC1CC(c2ccc(CO)cc2)OC(c2cccc(-c3cccc(CNC(=O)NCC)c3)c2)O1. The van der Waals surface area contributed by atoms with Gasteiger partial charge in [-0.1, -0.05) is 139 Å². The number of carbonyl (C=O) groups is 1. The van der Waals surface area contributed by atoms with Crippen LogP contribution in [0.1, 0.15) is 139 Å². The molecule has 1 aliphatic rings. The number of carbonyl (C=O) groups excluding carboxylic acids is 1. The molecule has 3 atom stereocenters. The third-order valence-electron chi connectivity index (χ3n) is 9.94. The molecule has 1 fully saturated rings. The second-order valence-electron chi connectivity index (χ2n) is 14.2. The number of unbranched alkanes of at least 4 members (excludes halogenated alkanes) is 10. The standard InChI is InChI=1S/C44H65N3O4/c1-4-7-9-11-13-15-27-47(28-16-14-12-10-8-5-2)33-41-31-42(37-25-23-35(34-48)24-26-37)51-43(50-41)40-22-18-21-39(30-40)38-20-17-19-36(29-38)32-46-44(49)45-6-3/h17-26,29-30,41-43,48H,4-16,27-28,31-34H2,1-3H3,(H2,45,46,49). The number of rotatable bonds is 23. The Morgan fingerprint density at radius 2 is 1.33 bits per heavy atom. The topological polar surface area (TPSA) is 83.1 Å². The number of nitrogens with zero attached hydrogens (tertiary/aromatic N) is 1. The number of nitrogens with one attached hydrogen (secondary N) is 2. The predicted octanol–water partition coefficient (Wildman–Crippen LogP) is 10.2. The maximum Gasteiger partial charge on any atom is 0.315 e. The molecule has 7 nitrogen and oxygen atoms in total. The van der Waals surface area contributed by atoms with Gasteiger partial charge in [0, 0.05) is 31.6 Å². The van der Waals surface area contributed by atoms with Crippen molar-refractivity contribution in [3.63, 3.8) is 0 Å². The van der Waals surface area contributed by atoms with Crippen molar-refractivity contribution >= 4 is 6.03 Å². The van der Waals surface area contributed by atoms with Crippen molar-refractivity contribution in [1.29, 1.82) is 0 Å². The van der Waals surface area contributed by atoms with Crippen molar-refractivity contribution in [1.82, 2.24) is 15.5 Å². The first-order chi connectivity index (χ1) is 25.0. The average Bonchev–Trinajstić information content (AvgIpc) is 3.16. The quantitative estimate of drug-likeness (QED) is 0.0859. The van der Waals surface area contributed by atoms with Gasteiger partial charge in [-0.25, -0.2) is 4.79 Å². The van der Waals surface area contributed by atoms with E-state index in [2.05, 4.69) is 77.9 Å². The van der Waals surface area contributed by atoms with Gasteiger partial charge in [-0.15, -0.1) is 0 Å². The number of benzene rings is 3. The van der Waals surface area contributed by atoms with Crippen LogP contribution in [-0.2, 0) is 22.6 Å². The van der Waals surface area contributed by atoms with Gasteiger partial charge in [0.05, 0.1) is 18.8 Å². The molecule has 0 saturated carbocycles. The van der Waals surface area contributed by atoms with Gasteiger partial charge in [0.1, 0.15) is 0 Å². The molecule has 2 amide bonds. The molecule has 51 heavy (non-hydrogen) atoms. The van der Waals surface area contributed by atoms with Crippen molar-refractivity contribution < 1.29 is 19.4 Å². The number of hydrogen-bond donors (Lipinski definition) is 3. The molecule has 0 aromatic heterocycles. The van der Waals surface area contributed by atoms with Crippen molar-refractivity contribution in [3.05, 3.63) is 95.1 Å². The van der Waals surface area contributed by atoms with E-state index in [4.69, 9.17) is 9.47 Å². The first-order valence-corrected chi connectivity index (χ1v) is 20.0. The Balaban J connectivity index is 1.51. The van der Waals surface area contributed by atoms with Gasteiger partial charge in [0.2, 0.25) is 0 Å². The average molecular weight is 700 g/mol. The van der Waals surface area contributed by atoms with E-state index in [-0.39, 0.29) is 24.8 Å². The number of amides is 2. The molecular formula is C44H65N3O4. The van der Waals surface area contributed by atoms with Crippen LogP contribution < -0.4 is 10.6 Å². The lowest BCUT2D eigenvalue weighted by atomic mass is 9.98. The summed E-state index contributed by atoms with van der Waals surface area (Å²) in [6, 6.07) is 24.8. The Morgan fingerprint density at radius 3 is 1.98 bits per heavy atom. The molecule has 4 rings (SSSR count).